The van der Waals surface area contributed by atoms with E-state index in [1.807, 2.05) is 6.20 Å². The maximum absolute atomic E-state index is 4.86. The van der Waals surface area contributed by atoms with Gasteiger partial charge in [0.25, 0.3) is 0 Å². The topological polar surface area (TPSA) is 63.8 Å². The SMILES string of the molecule is CN1CCC[C@H]1c1ncc(-c2ccc(-c3ccc4nc([C@@H]5CCCN5C)[nH]c4c3)cc2)[nH]1. The first-order valence-electron chi connectivity index (χ1n) is 11.7. The van der Waals surface area contributed by atoms with Crippen LogP contribution in [0, 0.1) is 0 Å². The number of hydrogen-bond acceptors (Lipinski definition) is 4. The summed E-state index contributed by atoms with van der Waals surface area (Å²) in [5, 5.41) is 0. The first-order chi connectivity index (χ1) is 15.7. The molecule has 0 unspecified atom stereocenters. The lowest BCUT2D eigenvalue weighted by molar-refractivity contribution is 0.307. The zero-order valence-electron chi connectivity index (χ0n) is 18.8. The number of benzene rings is 2. The summed E-state index contributed by atoms with van der Waals surface area (Å²) >= 11 is 0. The minimum atomic E-state index is 0.411. The number of H-pyrrole nitrogens is 2. The number of nitrogens with zero attached hydrogens (tertiary/aromatic N) is 4. The van der Waals surface area contributed by atoms with Gasteiger partial charge in [0.15, 0.2) is 0 Å². The molecule has 0 saturated carbocycles. The van der Waals surface area contributed by atoms with Crippen molar-refractivity contribution in [1.29, 1.82) is 0 Å². The van der Waals surface area contributed by atoms with Crippen LogP contribution in [0.1, 0.15) is 49.4 Å². The van der Waals surface area contributed by atoms with Crippen molar-refractivity contribution >= 4 is 11.0 Å². The van der Waals surface area contributed by atoms with Crippen molar-refractivity contribution in [3.05, 3.63) is 60.3 Å². The first-order valence-corrected chi connectivity index (χ1v) is 11.7. The van der Waals surface area contributed by atoms with Crippen LogP contribution in [-0.4, -0.2) is 56.9 Å². The van der Waals surface area contributed by atoms with Crippen molar-refractivity contribution < 1.29 is 0 Å². The van der Waals surface area contributed by atoms with Gasteiger partial charge in [-0.25, -0.2) is 9.97 Å². The van der Waals surface area contributed by atoms with E-state index in [-0.39, 0.29) is 0 Å². The molecule has 32 heavy (non-hydrogen) atoms. The predicted octanol–water partition coefficient (Wildman–Crippen LogP) is 5.15. The molecule has 4 heterocycles. The molecule has 0 bridgehead atoms. The summed E-state index contributed by atoms with van der Waals surface area (Å²) in [6.45, 7) is 2.30. The minimum absolute atomic E-state index is 0.411. The van der Waals surface area contributed by atoms with Crippen LogP contribution in [0.5, 0.6) is 0 Å². The molecule has 2 aromatic heterocycles. The van der Waals surface area contributed by atoms with Crippen LogP contribution < -0.4 is 0 Å². The van der Waals surface area contributed by atoms with E-state index in [1.165, 1.54) is 42.4 Å². The average molecular weight is 427 g/mol. The zero-order valence-corrected chi connectivity index (χ0v) is 18.8. The third kappa shape index (κ3) is 3.44. The number of likely N-dealkylation sites (tertiary alicyclic amines) is 2. The van der Waals surface area contributed by atoms with Crippen LogP contribution in [0.15, 0.2) is 48.7 Å². The molecule has 2 aliphatic rings. The Morgan fingerprint density at radius 2 is 1.44 bits per heavy atom. The summed E-state index contributed by atoms with van der Waals surface area (Å²) in [6.07, 6.45) is 6.80. The lowest BCUT2D eigenvalue weighted by atomic mass is 10.0. The van der Waals surface area contributed by atoms with Gasteiger partial charge in [-0.15, -0.1) is 0 Å². The van der Waals surface area contributed by atoms with Crippen molar-refractivity contribution in [2.45, 2.75) is 37.8 Å². The van der Waals surface area contributed by atoms with E-state index < -0.39 is 0 Å². The van der Waals surface area contributed by atoms with Crippen LogP contribution >= 0.6 is 0 Å². The largest absolute Gasteiger partial charge is 0.341 e. The van der Waals surface area contributed by atoms with Crippen LogP contribution in [0.25, 0.3) is 33.4 Å². The quantitative estimate of drug-likeness (QED) is 0.473. The first kappa shape index (κ1) is 19.7. The van der Waals surface area contributed by atoms with Crippen molar-refractivity contribution in [3.8, 4) is 22.4 Å². The molecule has 4 aromatic rings. The Morgan fingerprint density at radius 1 is 0.781 bits per heavy atom. The normalized spacial score (nSPS) is 22.3. The van der Waals surface area contributed by atoms with E-state index in [0.29, 0.717) is 12.1 Å². The van der Waals surface area contributed by atoms with Crippen LogP contribution in [0.2, 0.25) is 0 Å². The van der Waals surface area contributed by atoms with Crippen LogP contribution in [-0.2, 0) is 0 Å². The summed E-state index contributed by atoms with van der Waals surface area (Å²) in [6, 6.07) is 16.1. The van der Waals surface area contributed by atoms with E-state index in [1.54, 1.807) is 0 Å². The molecular weight excluding hydrogens is 396 g/mol. The molecule has 2 aromatic carbocycles. The summed E-state index contributed by atoms with van der Waals surface area (Å²) in [5.41, 5.74) is 6.82. The van der Waals surface area contributed by atoms with Gasteiger partial charge in [0, 0.05) is 0 Å². The molecule has 0 radical (unpaired) electrons. The number of rotatable bonds is 4. The molecule has 2 saturated heterocycles. The van der Waals surface area contributed by atoms with Gasteiger partial charge >= 0.3 is 0 Å². The van der Waals surface area contributed by atoms with Gasteiger partial charge in [0.05, 0.1) is 35.0 Å². The highest BCUT2D eigenvalue weighted by atomic mass is 15.2. The molecule has 0 aliphatic carbocycles. The molecule has 6 nitrogen and oxygen atoms in total. The number of aromatic amines is 2. The summed E-state index contributed by atoms with van der Waals surface area (Å²) in [4.78, 5) is 21.4. The molecule has 164 valence electrons. The highest BCUT2D eigenvalue weighted by Gasteiger charge is 2.26. The molecule has 2 fully saturated rings. The third-order valence-electron chi connectivity index (χ3n) is 7.30. The molecule has 6 rings (SSSR count). The van der Waals surface area contributed by atoms with Crippen molar-refractivity contribution in [2.24, 2.45) is 0 Å². The standard InChI is InChI=1S/C26H30N6/c1-31-13-3-5-23(31)25-27-16-22(30-25)18-9-7-17(8-10-18)19-11-12-20-21(15-19)29-26(28-20)24-6-4-14-32(24)2/h7-12,15-16,23-24H,3-6,13-14H2,1-2H3,(H,27,30)(H,28,29)/t23-,24-/m0/s1. The minimum Gasteiger partial charge on any atom is -0.341 e. The number of imidazole rings is 2. The van der Waals surface area contributed by atoms with E-state index in [9.17, 15) is 0 Å². The fraction of sp³-hybridized carbons (Fsp3) is 0.385. The second-order valence-electron chi connectivity index (χ2n) is 9.39. The zero-order chi connectivity index (χ0) is 21.7. The second-order valence-corrected chi connectivity index (χ2v) is 9.39. The van der Waals surface area contributed by atoms with Crippen LogP contribution in [0.4, 0.5) is 0 Å². The lowest BCUT2D eigenvalue weighted by Gasteiger charge is -2.16. The Labute approximate surface area is 188 Å². The average Bonchev–Trinajstić information content (AvgIpc) is 3.59. The number of aromatic nitrogens is 4. The number of nitrogens with one attached hydrogen (secondary N) is 2. The highest BCUT2D eigenvalue weighted by Crippen LogP contribution is 2.32. The molecule has 2 atom stereocenters. The molecule has 0 amide bonds. The molecule has 2 N–H and O–H groups in total. The van der Waals surface area contributed by atoms with Gasteiger partial charge in [0.1, 0.15) is 11.6 Å². The molecular formula is C26H30N6. The smallest absolute Gasteiger partial charge is 0.124 e. The van der Waals surface area contributed by atoms with Gasteiger partial charge in [-0.1, -0.05) is 30.3 Å². The van der Waals surface area contributed by atoms with E-state index in [0.717, 1.165) is 41.5 Å². The molecule has 6 heteroatoms. The second kappa shape index (κ2) is 7.87. The van der Waals surface area contributed by atoms with Crippen LogP contribution in [0.3, 0.4) is 0 Å². The summed E-state index contributed by atoms with van der Waals surface area (Å²) < 4.78 is 0. The number of hydrogen-bond donors (Lipinski definition) is 2. The Kier molecular flexibility index (Phi) is 4.85. The van der Waals surface area contributed by atoms with Gasteiger partial charge in [0.2, 0.25) is 0 Å². The van der Waals surface area contributed by atoms with Gasteiger partial charge in [-0.2, -0.15) is 0 Å². The van der Waals surface area contributed by atoms with Gasteiger partial charge < -0.3 is 9.97 Å². The maximum Gasteiger partial charge on any atom is 0.124 e. The lowest BCUT2D eigenvalue weighted by Crippen LogP contribution is -2.18. The van der Waals surface area contributed by atoms with E-state index in [4.69, 9.17) is 4.98 Å². The fourth-order valence-electron chi connectivity index (χ4n) is 5.37. The Hall–Kier alpha value is -2.96. The maximum atomic E-state index is 4.86. The monoisotopic (exact) mass is 426 g/mol. The Bertz CT molecular complexity index is 1240. The number of fused-ring (bicyclic) bond motifs is 1. The van der Waals surface area contributed by atoms with Gasteiger partial charge in [-0.05, 0) is 81.7 Å². The fourth-order valence-corrected chi connectivity index (χ4v) is 5.37. The third-order valence-corrected chi connectivity index (χ3v) is 7.30. The summed E-state index contributed by atoms with van der Waals surface area (Å²) in [7, 11) is 4.37. The van der Waals surface area contributed by atoms with E-state index >= 15 is 0 Å². The van der Waals surface area contributed by atoms with Crippen molar-refractivity contribution in [2.75, 3.05) is 27.2 Å². The highest BCUT2D eigenvalue weighted by molar-refractivity contribution is 5.82. The van der Waals surface area contributed by atoms with Crippen molar-refractivity contribution in [1.82, 2.24) is 29.7 Å². The Morgan fingerprint density at radius 3 is 2.12 bits per heavy atom. The Balaban J connectivity index is 1.24. The van der Waals surface area contributed by atoms with E-state index in [2.05, 4.69) is 81.3 Å². The molecule has 2 aliphatic heterocycles. The van der Waals surface area contributed by atoms with Gasteiger partial charge in [-0.3, -0.25) is 9.80 Å². The predicted molar refractivity (Wildman–Crippen MR) is 128 cm³/mol. The summed E-state index contributed by atoms with van der Waals surface area (Å²) in [5.74, 6) is 2.17. The molecule has 0 spiro atoms. The van der Waals surface area contributed by atoms with Crippen molar-refractivity contribution in [3.63, 3.8) is 0 Å².